The largest absolute Gasteiger partial charge is 0.384 e. The summed E-state index contributed by atoms with van der Waals surface area (Å²) in [7, 11) is -3.62. The summed E-state index contributed by atoms with van der Waals surface area (Å²) in [5.41, 5.74) is 8.96. The van der Waals surface area contributed by atoms with Crippen LogP contribution in [0.15, 0.2) is 84.1 Å². The van der Waals surface area contributed by atoms with Crippen LogP contribution in [-0.2, 0) is 16.4 Å². The molecule has 0 aliphatic rings. The Hall–Kier alpha value is -4.31. The molecule has 0 spiro atoms. The van der Waals surface area contributed by atoms with E-state index in [1.54, 1.807) is 59.4 Å². The number of aromatic nitrogens is 4. The van der Waals surface area contributed by atoms with Gasteiger partial charge in [-0.2, -0.15) is 5.10 Å². The van der Waals surface area contributed by atoms with Crippen molar-refractivity contribution in [2.45, 2.75) is 11.4 Å². The van der Waals surface area contributed by atoms with E-state index in [1.165, 1.54) is 17.2 Å². The number of anilines is 2. The van der Waals surface area contributed by atoms with Crippen LogP contribution in [0.5, 0.6) is 0 Å². The number of hydrogen-bond acceptors (Lipinski definition) is 7. The highest BCUT2D eigenvalue weighted by Gasteiger charge is 2.26. The van der Waals surface area contributed by atoms with E-state index in [-0.39, 0.29) is 17.1 Å². The van der Waals surface area contributed by atoms with Crippen molar-refractivity contribution in [3.63, 3.8) is 0 Å². The highest BCUT2D eigenvalue weighted by Crippen LogP contribution is 2.29. The van der Waals surface area contributed by atoms with Gasteiger partial charge >= 0.3 is 0 Å². The first-order valence-electron chi connectivity index (χ1n) is 10.4. The first-order valence-corrected chi connectivity index (χ1v) is 12.2. The van der Waals surface area contributed by atoms with Gasteiger partial charge in [0, 0.05) is 18.6 Å². The van der Waals surface area contributed by atoms with Gasteiger partial charge in [-0.15, -0.1) is 0 Å². The van der Waals surface area contributed by atoms with E-state index in [4.69, 9.17) is 5.73 Å². The fraction of sp³-hybridized carbons (Fsp3) is 0.0833. The van der Waals surface area contributed by atoms with Gasteiger partial charge in [0.2, 0.25) is 0 Å². The number of amides is 1. The Bertz CT molecular complexity index is 1660. The first-order chi connectivity index (χ1) is 16.3. The smallest absolute Gasteiger partial charge is 0.262 e. The monoisotopic (exact) mass is 472 g/mol. The van der Waals surface area contributed by atoms with Crippen LogP contribution >= 0.6 is 0 Å². The number of nitrogens with two attached hydrogens (primary N) is 1. The molecule has 0 fully saturated rings. The molecule has 0 atom stereocenters. The van der Waals surface area contributed by atoms with Crippen molar-refractivity contribution in [2.24, 2.45) is 0 Å². The topological polar surface area (TPSA) is 124 Å². The quantitative estimate of drug-likeness (QED) is 0.417. The number of rotatable bonds is 5. The number of sulfone groups is 1. The van der Waals surface area contributed by atoms with Crippen molar-refractivity contribution in [2.75, 3.05) is 16.9 Å². The van der Waals surface area contributed by atoms with E-state index in [0.717, 1.165) is 6.26 Å². The number of fused-ring (bicyclic) bond motifs is 2. The van der Waals surface area contributed by atoms with Crippen LogP contribution < -0.4 is 10.6 Å². The van der Waals surface area contributed by atoms with Gasteiger partial charge in [-0.1, -0.05) is 18.2 Å². The SMILES string of the molecule is CS(=O)(=O)c1ccccc1N(Cc1cnc2ccc(N)nc2c1)C(=O)c1cnn2ccccc12. The van der Waals surface area contributed by atoms with Gasteiger partial charge in [-0.3, -0.25) is 9.78 Å². The van der Waals surface area contributed by atoms with Gasteiger partial charge in [-0.05, 0) is 48.0 Å². The summed E-state index contributed by atoms with van der Waals surface area (Å²) in [6, 6.07) is 17.1. The zero-order valence-corrected chi connectivity index (χ0v) is 19.0. The van der Waals surface area contributed by atoms with Crippen LogP contribution in [0.4, 0.5) is 11.5 Å². The molecule has 1 amide bonds. The lowest BCUT2D eigenvalue weighted by atomic mass is 10.1. The van der Waals surface area contributed by atoms with E-state index in [0.29, 0.717) is 33.5 Å². The van der Waals surface area contributed by atoms with Gasteiger partial charge in [-0.25, -0.2) is 17.9 Å². The molecule has 170 valence electrons. The van der Waals surface area contributed by atoms with E-state index in [9.17, 15) is 13.2 Å². The zero-order chi connectivity index (χ0) is 23.9. The number of nitrogens with zero attached hydrogens (tertiary/aromatic N) is 5. The minimum atomic E-state index is -3.62. The molecule has 4 heterocycles. The Labute approximate surface area is 195 Å². The minimum Gasteiger partial charge on any atom is -0.384 e. The Balaban J connectivity index is 1.66. The van der Waals surface area contributed by atoms with Gasteiger partial charge < -0.3 is 10.6 Å². The van der Waals surface area contributed by atoms with Gasteiger partial charge in [0.15, 0.2) is 9.84 Å². The molecule has 5 rings (SSSR count). The van der Waals surface area contributed by atoms with Crippen molar-refractivity contribution in [1.82, 2.24) is 19.6 Å². The molecule has 0 bridgehead atoms. The van der Waals surface area contributed by atoms with E-state index in [1.807, 2.05) is 12.1 Å². The molecule has 4 aromatic heterocycles. The number of para-hydroxylation sites is 1. The maximum atomic E-state index is 13.8. The Morgan fingerprint density at radius 2 is 1.82 bits per heavy atom. The van der Waals surface area contributed by atoms with Crippen molar-refractivity contribution in [1.29, 1.82) is 0 Å². The summed E-state index contributed by atoms with van der Waals surface area (Å²) >= 11 is 0. The third-order valence-corrected chi connectivity index (χ3v) is 6.56. The summed E-state index contributed by atoms with van der Waals surface area (Å²) in [6.45, 7) is 0.0644. The molecule has 5 aromatic rings. The standard InChI is InChI=1S/C24H20N6O3S/c1-34(32,33)22-8-3-2-7-21(22)29(24(31)17-14-27-30-11-5-4-6-20(17)30)15-16-12-19-18(26-13-16)9-10-23(25)28-19/h2-14H,15H2,1H3,(H2,25,28). The lowest BCUT2D eigenvalue weighted by Crippen LogP contribution is -2.31. The van der Waals surface area contributed by atoms with Crippen molar-refractivity contribution in [3.05, 3.63) is 90.4 Å². The number of hydrogen-bond donors (Lipinski definition) is 1. The molecular formula is C24H20N6O3S. The zero-order valence-electron chi connectivity index (χ0n) is 18.2. The Morgan fingerprint density at radius 3 is 2.65 bits per heavy atom. The highest BCUT2D eigenvalue weighted by atomic mass is 32.2. The number of nitrogen functional groups attached to an aromatic ring is 1. The maximum Gasteiger partial charge on any atom is 0.262 e. The summed E-state index contributed by atoms with van der Waals surface area (Å²) in [4.78, 5) is 24.1. The van der Waals surface area contributed by atoms with Crippen LogP contribution in [-0.4, -0.2) is 40.2 Å². The average molecular weight is 473 g/mol. The van der Waals surface area contributed by atoms with Crippen LogP contribution in [0.3, 0.4) is 0 Å². The lowest BCUT2D eigenvalue weighted by molar-refractivity contribution is 0.0986. The molecule has 0 radical (unpaired) electrons. The van der Waals surface area contributed by atoms with Crippen LogP contribution in [0.2, 0.25) is 0 Å². The number of benzene rings is 1. The van der Waals surface area contributed by atoms with E-state index >= 15 is 0 Å². The highest BCUT2D eigenvalue weighted by molar-refractivity contribution is 7.90. The summed E-state index contributed by atoms with van der Waals surface area (Å²) in [5.74, 6) is -0.0360. The predicted octanol–water partition coefficient (Wildman–Crippen LogP) is 3.11. The molecule has 0 aliphatic heterocycles. The molecule has 1 aromatic carbocycles. The Kier molecular flexibility index (Phi) is 5.21. The van der Waals surface area contributed by atoms with Crippen LogP contribution in [0.1, 0.15) is 15.9 Å². The van der Waals surface area contributed by atoms with Crippen LogP contribution in [0.25, 0.3) is 16.6 Å². The first kappa shape index (κ1) is 21.5. The van der Waals surface area contributed by atoms with Crippen molar-refractivity contribution < 1.29 is 13.2 Å². The fourth-order valence-electron chi connectivity index (χ4n) is 3.84. The number of carbonyl (C=O) groups is 1. The third kappa shape index (κ3) is 3.95. The van der Waals surface area contributed by atoms with Crippen molar-refractivity contribution in [3.8, 4) is 0 Å². The Morgan fingerprint density at radius 1 is 1.03 bits per heavy atom. The summed E-state index contributed by atoms with van der Waals surface area (Å²) in [6.07, 6.45) is 5.98. The molecule has 2 N–H and O–H groups in total. The molecule has 0 saturated heterocycles. The summed E-state index contributed by atoms with van der Waals surface area (Å²) in [5, 5.41) is 4.26. The average Bonchev–Trinajstić information content (AvgIpc) is 3.25. The second kappa shape index (κ2) is 8.23. The van der Waals surface area contributed by atoms with Gasteiger partial charge in [0.25, 0.3) is 5.91 Å². The van der Waals surface area contributed by atoms with E-state index in [2.05, 4.69) is 15.1 Å². The van der Waals surface area contributed by atoms with E-state index < -0.39 is 15.7 Å². The summed E-state index contributed by atoms with van der Waals surface area (Å²) < 4.78 is 26.7. The van der Waals surface area contributed by atoms with Crippen molar-refractivity contribution >= 4 is 43.8 Å². The minimum absolute atomic E-state index is 0.0518. The number of pyridine rings is 3. The number of carbonyl (C=O) groups excluding carboxylic acids is 1. The molecule has 0 unspecified atom stereocenters. The van der Waals surface area contributed by atoms with Crippen LogP contribution in [0, 0.1) is 0 Å². The molecule has 34 heavy (non-hydrogen) atoms. The molecule has 0 aliphatic carbocycles. The molecular weight excluding hydrogens is 452 g/mol. The van der Waals surface area contributed by atoms with Gasteiger partial charge in [0.05, 0.1) is 45.4 Å². The molecule has 9 nitrogen and oxygen atoms in total. The predicted molar refractivity (Wildman–Crippen MR) is 129 cm³/mol. The normalized spacial score (nSPS) is 11.7. The van der Waals surface area contributed by atoms with Gasteiger partial charge in [0.1, 0.15) is 5.82 Å². The fourth-order valence-corrected chi connectivity index (χ4v) is 4.72. The second-order valence-electron chi connectivity index (χ2n) is 7.84. The maximum absolute atomic E-state index is 13.8. The second-order valence-corrected chi connectivity index (χ2v) is 9.82. The lowest BCUT2D eigenvalue weighted by Gasteiger charge is -2.25. The third-order valence-electron chi connectivity index (χ3n) is 5.41. The molecule has 0 saturated carbocycles. The molecule has 10 heteroatoms.